The molecule has 1 saturated carbocycles. The smallest absolute Gasteiger partial charge is 0.393 e. The van der Waals surface area contributed by atoms with Crippen LogP contribution in [0.25, 0.3) is 0 Å². The molecule has 2 heterocycles. The maximum atomic E-state index is 12.9. The second-order valence-corrected chi connectivity index (χ2v) is 6.87. The molecular weight excluding hydrogens is 301 g/mol. The molecule has 1 aromatic heterocycles. The number of hydrogen-bond donors (Lipinski definition) is 1. The number of carbonyl (C=O) groups is 1. The van der Waals surface area contributed by atoms with Crippen LogP contribution in [0, 0.1) is 11.8 Å². The van der Waals surface area contributed by atoms with Gasteiger partial charge in [-0.25, -0.2) is 0 Å². The van der Waals surface area contributed by atoms with Crippen molar-refractivity contribution in [1.82, 2.24) is 0 Å². The predicted molar refractivity (Wildman–Crippen MR) is 76.8 cm³/mol. The minimum atomic E-state index is -4.16. The molecule has 3 rings (SSSR count). The summed E-state index contributed by atoms with van der Waals surface area (Å²) in [5, 5.41) is 0.686. The van der Waals surface area contributed by atoms with Crippen molar-refractivity contribution in [2.75, 3.05) is 23.7 Å². The Morgan fingerprint density at radius 1 is 1.33 bits per heavy atom. The summed E-state index contributed by atoms with van der Waals surface area (Å²) in [7, 11) is 0. The van der Waals surface area contributed by atoms with E-state index in [0.29, 0.717) is 28.5 Å². The molecular formula is C14H17F3N2OS. The number of nitrogens with zero attached hydrogens (tertiary/aromatic N) is 1. The molecule has 0 bridgehead atoms. The van der Waals surface area contributed by atoms with Crippen LogP contribution >= 0.6 is 11.3 Å². The fraction of sp³-hybridized carbons (Fsp3) is 0.643. The molecule has 1 atom stereocenters. The molecule has 2 aliphatic rings. The molecule has 1 aromatic rings. The lowest BCUT2D eigenvalue weighted by Crippen LogP contribution is -2.41. The van der Waals surface area contributed by atoms with Crippen LogP contribution < -0.4 is 10.6 Å². The van der Waals surface area contributed by atoms with Crippen molar-refractivity contribution in [3.8, 4) is 0 Å². The van der Waals surface area contributed by atoms with E-state index in [9.17, 15) is 18.0 Å². The van der Waals surface area contributed by atoms with E-state index < -0.39 is 12.1 Å². The van der Waals surface area contributed by atoms with E-state index >= 15 is 0 Å². The maximum Gasteiger partial charge on any atom is 0.393 e. The first-order valence-electron chi connectivity index (χ1n) is 7.11. The molecule has 7 heteroatoms. The highest BCUT2D eigenvalue weighted by Gasteiger charge is 2.42. The van der Waals surface area contributed by atoms with Crippen LogP contribution in [0.1, 0.15) is 35.4 Å². The van der Waals surface area contributed by atoms with Gasteiger partial charge in [-0.3, -0.25) is 4.79 Å². The van der Waals surface area contributed by atoms with Crippen molar-refractivity contribution in [2.24, 2.45) is 11.8 Å². The zero-order valence-corrected chi connectivity index (χ0v) is 12.3. The molecule has 21 heavy (non-hydrogen) atoms. The van der Waals surface area contributed by atoms with E-state index in [1.165, 1.54) is 11.3 Å². The number of piperidine rings is 1. The largest absolute Gasteiger partial charge is 0.397 e. The van der Waals surface area contributed by atoms with E-state index in [4.69, 9.17) is 5.73 Å². The number of hydrogen-bond acceptors (Lipinski definition) is 4. The first-order valence-corrected chi connectivity index (χ1v) is 7.93. The van der Waals surface area contributed by atoms with Crippen LogP contribution in [-0.2, 0) is 0 Å². The van der Waals surface area contributed by atoms with Crippen molar-refractivity contribution < 1.29 is 18.0 Å². The van der Waals surface area contributed by atoms with E-state index in [-0.39, 0.29) is 24.7 Å². The van der Waals surface area contributed by atoms with E-state index in [0.717, 1.165) is 12.8 Å². The quantitative estimate of drug-likeness (QED) is 0.864. The van der Waals surface area contributed by atoms with E-state index in [2.05, 4.69) is 0 Å². The van der Waals surface area contributed by atoms with Crippen molar-refractivity contribution >= 4 is 27.8 Å². The third kappa shape index (κ3) is 3.02. The van der Waals surface area contributed by atoms with Gasteiger partial charge in [-0.05, 0) is 31.7 Å². The number of carbonyl (C=O) groups excluding carboxylic acids is 1. The molecule has 1 aliphatic carbocycles. The Labute approximate surface area is 124 Å². The number of Topliss-reactive ketones (excluding diaryl/α,β-unsaturated/α-hetero) is 1. The third-order valence-electron chi connectivity index (χ3n) is 4.12. The Bertz CT molecular complexity index is 551. The topological polar surface area (TPSA) is 46.3 Å². The number of ketones is 1. The Kier molecular flexibility index (Phi) is 3.63. The Balaban J connectivity index is 1.77. The van der Waals surface area contributed by atoms with Crippen LogP contribution in [0.15, 0.2) is 6.07 Å². The van der Waals surface area contributed by atoms with Gasteiger partial charge in [-0.1, -0.05) is 0 Å². The van der Waals surface area contributed by atoms with Gasteiger partial charge in [0.25, 0.3) is 0 Å². The summed E-state index contributed by atoms with van der Waals surface area (Å²) in [5.74, 6) is -1.17. The van der Waals surface area contributed by atoms with Gasteiger partial charge in [-0.15, -0.1) is 11.3 Å². The number of nitrogens with two attached hydrogens (primary N) is 1. The maximum absolute atomic E-state index is 12.9. The standard InChI is InChI=1S/C14H17F3N2OS/c15-14(16,17)9-2-1-5-19(7-9)11-6-10(18)13(21-11)12(20)8-3-4-8/h6,8-9H,1-5,7,18H2. The number of nitrogen functional groups attached to an aromatic ring is 1. The highest BCUT2D eigenvalue weighted by Crippen LogP contribution is 2.42. The van der Waals surface area contributed by atoms with Crippen LogP contribution in [0.2, 0.25) is 0 Å². The summed E-state index contributed by atoms with van der Waals surface area (Å²) in [6, 6.07) is 1.65. The lowest BCUT2D eigenvalue weighted by atomic mass is 9.98. The predicted octanol–water partition coefficient (Wildman–Crippen LogP) is 3.70. The first kappa shape index (κ1) is 14.7. The molecule has 2 N–H and O–H groups in total. The van der Waals surface area contributed by atoms with Crippen LogP contribution in [0.4, 0.5) is 23.9 Å². The zero-order chi connectivity index (χ0) is 15.2. The molecule has 1 unspecified atom stereocenters. The number of anilines is 2. The van der Waals surface area contributed by atoms with E-state index in [1.807, 2.05) is 0 Å². The molecule has 0 spiro atoms. The normalized spacial score (nSPS) is 23.4. The molecule has 0 aromatic carbocycles. The van der Waals surface area contributed by atoms with Crippen molar-refractivity contribution in [3.05, 3.63) is 10.9 Å². The Hall–Kier alpha value is -1.24. The van der Waals surface area contributed by atoms with E-state index in [1.54, 1.807) is 11.0 Å². The number of thiophene rings is 1. The highest BCUT2D eigenvalue weighted by atomic mass is 32.1. The van der Waals surface area contributed by atoms with Crippen LogP contribution in [0.3, 0.4) is 0 Å². The minimum absolute atomic E-state index is 0.0412. The van der Waals surface area contributed by atoms with Gasteiger partial charge in [0.2, 0.25) is 0 Å². The van der Waals surface area contributed by atoms with Crippen molar-refractivity contribution in [2.45, 2.75) is 31.9 Å². The van der Waals surface area contributed by atoms with Crippen LogP contribution in [0.5, 0.6) is 0 Å². The second-order valence-electron chi connectivity index (χ2n) is 5.83. The molecule has 1 aliphatic heterocycles. The van der Waals surface area contributed by atoms with Crippen molar-refractivity contribution in [3.63, 3.8) is 0 Å². The van der Waals surface area contributed by atoms with Gasteiger partial charge in [0.1, 0.15) is 0 Å². The average Bonchev–Trinajstić information content (AvgIpc) is 3.20. The molecule has 0 radical (unpaired) electrons. The number of halogens is 3. The lowest BCUT2D eigenvalue weighted by molar-refractivity contribution is -0.175. The SMILES string of the molecule is Nc1cc(N2CCCC(C(F)(F)F)C2)sc1C(=O)C1CC1. The Morgan fingerprint density at radius 3 is 2.67 bits per heavy atom. The Morgan fingerprint density at radius 2 is 2.05 bits per heavy atom. The van der Waals surface area contributed by atoms with Gasteiger partial charge in [0, 0.05) is 19.0 Å². The average molecular weight is 318 g/mol. The summed E-state index contributed by atoms with van der Waals surface area (Å²) in [6.07, 6.45) is -1.69. The summed E-state index contributed by atoms with van der Waals surface area (Å²) in [5.41, 5.74) is 6.28. The summed E-state index contributed by atoms with van der Waals surface area (Å²) in [6.45, 7) is 0.546. The number of alkyl halides is 3. The fourth-order valence-electron chi connectivity index (χ4n) is 2.72. The third-order valence-corrected chi connectivity index (χ3v) is 5.34. The minimum Gasteiger partial charge on any atom is -0.397 e. The van der Waals surface area contributed by atoms with Gasteiger partial charge >= 0.3 is 6.18 Å². The summed E-state index contributed by atoms with van der Waals surface area (Å²) in [4.78, 5) is 14.3. The molecule has 1 saturated heterocycles. The van der Waals surface area contributed by atoms with Gasteiger partial charge in [-0.2, -0.15) is 13.2 Å². The van der Waals surface area contributed by atoms with Gasteiger partial charge < -0.3 is 10.6 Å². The lowest BCUT2D eigenvalue weighted by Gasteiger charge is -2.34. The monoisotopic (exact) mass is 318 g/mol. The summed E-state index contributed by atoms with van der Waals surface area (Å²) >= 11 is 1.24. The van der Waals surface area contributed by atoms with Gasteiger partial charge in [0.15, 0.2) is 5.78 Å². The second kappa shape index (κ2) is 5.19. The van der Waals surface area contributed by atoms with Gasteiger partial charge in [0.05, 0.1) is 21.5 Å². The molecule has 2 fully saturated rings. The molecule has 0 amide bonds. The fourth-order valence-corrected chi connectivity index (χ4v) is 3.85. The highest BCUT2D eigenvalue weighted by molar-refractivity contribution is 7.18. The zero-order valence-electron chi connectivity index (χ0n) is 11.4. The van der Waals surface area contributed by atoms with Crippen molar-refractivity contribution in [1.29, 1.82) is 0 Å². The van der Waals surface area contributed by atoms with Crippen LogP contribution in [-0.4, -0.2) is 25.0 Å². The number of rotatable bonds is 3. The summed E-state index contributed by atoms with van der Waals surface area (Å²) < 4.78 is 38.6. The molecule has 116 valence electrons. The first-order chi connectivity index (χ1) is 9.86. The molecule has 3 nitrogen and oxygen atoms in total.